The van der Waals surface area contributed by atoms with Gasteiger partial charge in [-0.15, -0.1) is 0 Å². The Hall–Kier alpha value is 0.0500. The van der Waals surface area contributed by atoms with Gasteiger partial charge in [0.1, 0.15) is 13.1 Å². The van der Waals surface area contributed by atoms with Gasteiger partial charge in [0.15, 0.2) is 0 Å². The minimum Gasteiger partial charge on any atom is -1.00 e. The summed E-state index contributed by atoms with van der Waals surface area (Å²) in [5, 5.41) is 1.00. The molecule has 0 aromatic heterocycles. The van der Waals surface area contributed by atoms with Gasteiger partial charge in [-0.25, -0.2) is 9.48 Å². The van der Waals surface area contributed by atoms with Crippen molar-refractivity contribution in [3.63, 3.8) is 0 Å². The van der Waals surface area contributed by atoms with Crippen molar-refractivity contribution in [1.82, 2.24) is 4.90 Å². The van der Waals surface area contributed by atoms with Crippen molar-refractivity contribution in [2.45, 2.75) is 65.2 Å². The third kappa shape index (κ3) is 7.41. The van der Waals surface area contributed by atoms with Crippen LogP contribution in [0, 0.1) is 0 Å². The second-order valence-electron chi connectivity index (χ2n) is 5.36. The van der Waals surface area contributed by atoms with Crippen LogP contribution in [-0.4, -0.2) is 40.9 Å². The molecule has 0 saturated carbocycles. The van der Waals surface area contributed by atoms with E-state index in [-0.39, 0.29) is 12.4 Å². The van der Waals surface area contributed by atoms with Crippen molar-refractivity contribution in [3.05, 3.63) is 0 Å². The molecule has 1 aliphatic rings. The molecule has 0 bridgehead atoms. The number of hydrogen-bond acceptors (Lipinski definition) is 1. The number of rotatable bonds is 10. The van der Waals surface area contributed by atoms with Gasteiger partial charge in [-0.2, -0.15) is 0 Å². The number of halogens is 2. The lowest BCUT2D eigenvalue weighted by atomic mass is 10.2. The molecule has 1 aliphatic heterocycles. The van der Waals surface area contributed by atoms with E-state index in [0.29, 0.717) is 0 Å². The summed E-state index contributed by atoms with van der Waals surface area (Å²) in [6.07, 6.45) is 10.6. The Bertz CT molecular complexity index is 255. The van der Waals surface area contributed by atoms with E-state index < -0.39 is 0 Å². The van der Waals surface area contributed by atoms with Gasteiger partial charge in [-0.05, 0) is 25.7 Å². The Kier molecular flexibility index (Phi) is 11.9. The van der Waals surface area contributed by atoms with Crippen LogP contribution in [0.3, 0.4) is 0 Å². The molecule has 0 aromatic carbocycles. The number of nitrogens with zero attached hydrogens (tertiary/aromatic N) is 2. The first-order valence-electron chi connectivity index (χ1n) is 7.82. The van der Waals surface area contributed by atoms with Crippen molar-refractivity contribution in [2.24, 2.45) is 0 Å². The predicted octanol–water partition coefficient (Wildman–Crippen LogP) is 1.07. The van der Waals surface area contributed by atoms with E-state index in [1.807, 2.05) is 0 Å². The fourth-order valence-electron chi connectivity index (χ4n) is 2.49. The minimum atomic E-state index is 0. The lowest BCUT2D eigenvalue weighted by Crippen LogP contribution is -3.00. The third-order valence-corrected chi connectivity index (χ3v) is 4.20. The highest BCUT2D eigenvalue weighted by Crippen LogP contribution is 2.10. The van der Waals surface area contributed by atoms with Gasteiger partial charge in [0.25, 0.3) is 0 Å². The van der Waals surface area contributed by atoms with Crippen molar-refractivity contribution in [2.75, 3.05) is 26.2 Å². The molecule has 0 fully saturated rings. The summed E-state index contributed by atoms with van der Waals surface area (Å²) in [6, 6.07) is 0. The topological polar surface area (TPSA) is 6.25 Å². The van der Waals surface area contributed by atoms with E-state index >= 15 is 0 Å². The second-order valence-corrected chi connectivity index (χ2v) is 5.70. The van der Waals surface area contributed by atoms with E-state index in [1.54, 1.807) is 0 Å². The maximum atomic E-state index is 6.44. The van der Waals surface area contributed by atoms with Crippen molar-refractivity contribution in [3.8, 4) is 0 Å². The minimum absolute atomic E-state index is 0. The van der Waals surface area contributed by atoms with E-state index in [1.165, 1.54) is 51.4 Å². The van der Waals surface area contributed by atoms with Crippen molar-refractivity contribution < 1.29 is 17.0 Å². The van der Waals surface area contributed by atoms with Crippen LogP contribution in [-0.2, 0) is 0 Å². The van der Waals surface area contributed by atoms with Gasteiger partial charge >= 0.3 is 5.29 Å². The Morgan fingerprint density at radius 2 is 1.63 bits per heavy atom. The molecule has 19 heavy (non-hydrogen) atoms. The number of unbranched alkanes of at least 4 members (excludes halogenated alkanes) is 6. The molecule has 114 valence electrons. The third-order valence-electron chi connectivity index (χ3n) is 3.72. The zero-order chi connectivity index (χ0) is 13.2. The number of amidine groups is 1. The molecule has 0 N–H and O–H groups in total. The maximum absolute atomic E-state index is 6.44. The zero-order valence-electron chi connectivity index (χ0n) is 12.6. The quantitative estimate of drug-likeness (QED) is 0.332. The molecule has 0 amide bonds. The molecule has 0 atom stereocenters. The van der Waals surface area contributed by atoms with Gasteiger partial charge in [0.05, 0.1) is 13.1 Å². The van der Waals surface area contributed by atoms with Crippen LogP contribution in [0.1, 0.15) is 65.2 Å². The molecule has 1 rings (SSSR count). The van der Waals surface area contributed by atoms with E-state index in [9.17, 15) is 0 Å². The van der Waals surface area contributed by atoms with Crippen LogP contribution in [0.5, 0.6) is 0 Å². The summed E-state index contributed by atoms with van der Waals surface area (Å²) in [7, 11) is 0. The van der Waals surface area contributed by atoms with Gasteiger partial charge in [0.2, 0.25) is 0 Å². The van der Waals surface area contributed by atoms with E-state index in [0.717, 1.165) is 31.5 Å². The molecule has 0 aromatic rings. The highest BCUT2D eigenvalue weighted by Gasteiger charge is 2.27. The Labute approximate surface area is 130 Å². The summed E-state index contributed by atoms with van der Waals surface area (Å²) in [5.74, 6) is 0. The molecule has 1 heterocycles. The Morgan fingerprint density at radius 1 is 1.00 bits per heavy atom. The lowest BCUT2D eigenvalue weighted by Gasteiger charge is -2.08. The van der Waals surface area contributed by atoms with Gasteiger partial charge in [-0.3, -0.25) is 0 Å². The molecule has 2 nitrogen and oxygen atoms in total. The SMILES string of the molecule is CCCCCCN1CC[N+](CCCCCC)=C1Cl.[Cl-]. The molecular weight excluding hydrogens is 279 g/mol. The standard InChI is InChI=1S/C15H30ClN2.ClH/c1-3-5-7-9-11-17-13-14-18(15(17)16)12-10-8-6-4-2;/h3-14H2,1-2H3;1H/q+1;/p-1. The predicted molar refractivity (Wildman–Crippen MR) is 80.7 cm³/mol. The summed E-state index contributed by atoms with van der Waals surface area (Å²) < 4.78 is 2.36. The van der Waals surface area contributed by atoms with E-state index in [2.05, 4.69) is 23.3 Å². The van der Waals surface area contributed by atoms with Crippen LogP contribution in [0.4, 0.5) is 0 Å². The monoisotopic (exact) mass is 308 g/mol. The zero-order valence-corrected chi connectivity index (χ0v) is 14.1. The molecule has 0 unspecified atom stereocenters. The highest BCUT2D eigenvalue weighted by molar-refractivity contribution is 6.63. The normalized spacial score (nSPS) is 15.0. The summed E-state index contributed by atoms with van der Waals surface area (Å²) >= 11 is 6.44. The van der Waals surface area contributed by atoms with Gasteiger partial charge < -0.3 is 12.4 Å². The van der Waals surface area contributed by atoms with Crippen molar-refractivity contribution >= 4 is 16.9 Å². The lowest BCUT2D eigenvalue weighted by molar-refractivity contribution is -0.516. The largest absolute Gasteiger partial charge is 1.00 e. The fourth-order valence-corrected chi connectivity index (χ4v) is 2.83. The molecule has 0 aliphatic carbocycles. The fraction of sp³-hybridized carbons (Fsp3) is 0.933. The van der Waals surface area contributed by atoms with Crippen LogP contribution in [0.15, 0.2) is 0 Å². The van der Waals surface area contributed by atoms with Crippen LogP contribution >= 0.6 is 11.6 Å². The summed E-state index contributed by atoms with van der Waals surface area (Å²) in [5.41, 5.74) is 0. The van der Waals surface area contributed by atoms with Crippen LogP contribution in [0.25, 0.3) is 0 Å². The molecule has 4 heteroatoms. The van der Waals surface area contributed by atoms with Gasteiger partial charge in [-0.1, -0.05) is 39.5 Å². The average molecular weight is 309 g/mol. The van der Waals surface area contributed by atoms with Crippen molar-refractivity contribution in [1.29, 1.82) is 0 Å². The molecule has 0 saturated heterocycles. The number of hydrogen-bond donors (Lipinski definition) is 0. The Morgan fingerprint density at radius 3 is 2.26 bits per heavy atom. The molecule has 0 spiro atoms. The van der Waals surface area contributed by atoms with Crippen LogP contribution < -0.4 is 12.4 Å². The van der Waals surface area contributed by atoms with E-state index in [4.69, 9.17) is 11.6 Å². The summed E-state index contributed by atoms with van der Waals surface area (Å²) in [6.45, 7) is 9.05. The van der Waals surface area contributed by atoms with Crippen LogP contribution in [0.2, 0.25) is 0 Å². The average Bonchev–Trinajstić information content (AvgIpc) is 2.72. The first kappa shape index (κ1) is 19.1. The smallest absolute Gasteiger partial charge is 0.345 e. The summed E-state index contributed by atoms with van der Waals surface area (Å²) in [4.78, 5) is 2.36. The highest BCUT2D eigenvalue weighted by atomic mass is 35.5. The molecule has 0 radical (unpaired) electrons. The second kappa shape index (κ2) is 11.8. The maximum Gasteiger partial charge on any atom is 0.345 e. The first-order valence-corrected chi connectivity index (χ1v) is 8.19. The van der Waals surface area contributed by atoms with Gasteiger partial charge in [0, 0.05) is 11.6 Å². The molecular formula is C15H30Cl2N2. The Balaban J connectivity index is 0.00000324. The first-order chi connectivity index (χ1) is 8.79.